The van der Waals surface area contributed by atoms with Gasteiger partial charge in [-0.3, -0.25) is 4.79 Å². The molecule has 0 atom stereocenters. The average molecular weight is 257 g/mol. The average Bonchev–Trinajstić information content (AvgIpc) is 2.75. The highest BCUT2D eigenvalue weighted by molar-refractivity contribution is 5.96. The van der Waals surface area contributed by atoms with Crippen molar-refractivity contribution < 1.29 is 4.79 Å². The van der Waals surface area contributed by atoms with Crippen molar-refractivity contribution in [3.8, 4) is 0 Å². The van der Waals surface area contributed by atoms with Crippen molar-refractivity contribution in [3.05, 3.63) is 41.2 Å². The van der Waals surface area contributed by atoms with Crippen LogP contribution in [0.3, 0.4) is 0 Å². The zero-order chi connectivity index (χ0) is 13.2. The molecule has 0 radical (unpaired) electrons. The number of carbonyl (C=O) groups is 1. The molecule has 6 heteroatoms. The molecule has 6 nitrogen and oxygen atoms in total. The molecule has 3 rings (SSSR count). The van der Waals surface area contributed by atoms with E-state index in [0.29, 0.717) is 12.4 Å². The molecule has 0 saturated heterocycles. The molecule has 1 aromatic heterocycles. The summed E-state index contributed by atoms with van der Waals surface area (Å²) in [6.07, 6.45) is 1.90. The van der Waals surface area contributed by atoms with Crippen LogP contribution in [0.5, 0.6) is 0 Å². The molecule has 1 aromatic carbocycles. The number of fused-ring (bicyclic) bond motifs is 1. The number of hydrogen-bond acceptors (Lipinski definition) is 4. The Bertz CT molecular complexity index is 607. The van der Waals surface area contributed by atoms with Crippen LogP contribution in [0.15, 0.2) is 24.3 Å². The molecule has 1 aliphatic rings. The number of carbonyl (C=O) groups excluding carboxylic acids is 1. The lowest BCUT2D eigenvalue weighted by molar-refractivity contribution is 0.0744. The first kappa shape index (κ1) is 11.8. The summed E-state index contributed by atoms with van der Waals surface area (Å²) in [6, 6.07) is 7.80. The van der Waals surface area contributed by atoms with Gasteiger partial charge < -0.3 is 4.90 Å². The third kappa shape index (κ3) is 2.33. The fourth-order valence-corrected chi connectivity index (χ4v) is 2.39. The van der Waals surface area contributed by atoms with Crippen molar-refractivity contribution in [1.29, 1.82) is 0 Å². The molecule has 0 saturated carbocycles. The summed E-state index contributed by atoms with van der Waals surface area (Å²) < 4.78 is 0. The quantitative estimate of drug-likeness (QED) is 0.798. The topological polar surface area (TPSA) is 63.9 Å². The predicted octanol–water partition coefficient (Wildman–Crippen LogP) is 0.799. The molecular weight excluding hydrogens is 242 g/mol. The van der Waals surface area contributed by atoms with Crippen molar-refractivity contribution in [2.45, 2.75) is 19.4 Å². The molecule has 0 bridgehead atoms. The molecule has 0 unspecified atom stereocenters. The van der Waals surface area contributed by atoms with E-state index in [9.17, 15) is 4.79 Å². The van der Waals surface area contributed by atoms with Crippen LogP contribution in [0.25, 0.3) is 0 Å². The SMILES string of the molecule is Cn1nnc(CN2CCCc3ccccc3C2=O)n1. The van der Waals surface area contributed by atoms with Crippen LogP contribution in [0.1, 0.15) is 28.2 Å². The Balaban J connectivity index is 1.85. The second kappa shape index (κ2) is 4.79. The highest BCUT2D eigenvalue weighted by atomic mass is 16.2. The summed E-state index contributed by atoms with van der Waals surface area (Å²) in [4.78, 5) is 15.7. The normalized spacial score (nSPS) is 15.2. The largest absolute Gasteiger partial charge is 0.331 e. The highest BCUT2D eigenvalue weighted by Gasteiger charge is 2.23. The van der Waals surface area contributed by atoms with E-state index in [1.807, 2.05) is 24.3 Å². The van der Waals surface area contributed by atoms with E-state index in [-0.39, 0.29) is 5.91 Å². The van der Waals surface area contributed by atoms with Crippen molar-refractivity contribution in [1.82, 2.24) is 25.1 Å². The van der Waals surface area contributed by atoms with Crippen molar-refractivity contribution in [3.63, 3.8) is 0 Å². The van der Waals surface area contributed by atoms with E-state index in [1.165, 1.54) is 4.80 Å². The fraction of sp³-hybridized carbons (Fsp3) is 0.385. The molecule has 1 aliphatic heterocycles. The van der Waals surface area contributed by atoms with Gasteiger partial charge in [0.15, 0.2) is 5.82 Å². The fourth-order valence-electron chi connectivity index (χ4n) is 2.39. The van der Waals surface area contributed by atoms with Crippen LogP contribution in [-0.4, -0.2) is 37.6 Å². The van der Waals surface area contributed by atoms with Crippen LogP contribution in [0, 0.1) is 0 Å². The summed E-state index contributed by atoms with van der Waals surface area (Å²) in [5.74, 6) is 0.635. The van der Waals surface area contributed by atoms with Crippen LogP contribution in [0.2, 0.25) is 0 Å². The molecular formula is C13H15N5O. The lowest BCUT2D eigenvalue weighted by atomic mass is 10.0. The molecule has 0 fully saturated rings. The number of aryl methyl sites for hydroxylation is 2. The number of rotatable bonds is 2. The van der Waals surface area contributed by atoms with E-state index in [4.69, 9.17) is 0 Å². The number of benzene rings is 1. The first-order valence-corrected chi connectivity index (χ1v) is 6.34. The maximum Gasteiger partial charge on any atom is 0.254 e. The number of amides is 1. The van der Waals surface area contributed by atoms with E-state index < -0.39 is 0 Å². The Morgan fingerprint density at radius 3 is 2.95 bits per heavy atom. The molecule has 2 aromatic rings. The number of aromatic nitrogens is 4. The maximum atomic E-state index is 12.5. The summed E-state index contributed by atoms with van der Waals surface area (Å²) in [5, 5.41) is 11.9. The first-order chi connectivity index (χ1) is 9.24. The standard InChI is InChI=1S/C13H15N5O/c1-17-15-12(14-16-17)9-18-8-4-6-10-5-2-3-7-11(10)13(18)19/h2-3,5,7H,4,6,8-9H2,1H3. The lowest BCUT2D eigenvalue weighted by Gasteiger charge is -2.18. The van der Waals surface area contributed by atoms with Crippen LogP contribution >= 0.6 is 0 Å². The Morgan fingerprint density at radius 1 is 1.32 bits per heavy atom. The third-order valence-electron chi connectivity index (χ3n) is 3.29. The lowest BCUT2D eigenvalue weighted by Crippen LogP contribution is -2.30. The molecule has 0 aliphatic carbocycles. The maximum absolute atomic E-state index is 12.5. The van der Waals surface area contributed by atoms with Gasteiger partial charge in [0, 0.05) is 12.1 Å². The molecule has 2 heterocycles. The Morgan fingerprint density at radius 2 is 2.16 bits per heavy atom. The second-order valence-corrected chi connectivity index (χ2v) is 4.68. The number of hydrogen-bond donors (Lipinski definition) is 0. The van der Waals surface area contributed by atoms with E-state index in [1.54, 1.807) is 11.9 Å². The van der Waals surface area contributed by atoms with E-state index >= 15 is 0 Å². The zero-order valence-electron chi connectivity index (χ0n) is 10.8. The van der Waals surface area contributed by atoms with Gasteiger partial charge in [0.1, 0.15) is 0 Å². The molecule has 19 heavy (non-hydrogen) atoms. The third-order valence-corrected chi connectivity index (χ3v) is 3.29. The minimum absolute atomic E-state index is 0.0561. The number of tetrazole rings is 1. The molecule has 1 amide bonds. The van der Waals surface area contributed by atoms with Crippen LogP contribution in [-0.2, 0) is 20.0 Å². The van der Waals surface area contributed by atoms with Gasteiger partial charge >= 0.3 is 0 Å². The van der Waals surface area contributed by atoms with E-state index in [2.05, 4.69) is 15.4 Å². The van der Waals surface area contributed by atoms with E-state index in [0.717, 1.165) is 30.5 Å². The minimum atomic E-state index is 0.0561. The van der Waals surface area contributed by atoms with Gasteiger partial charge in [-0.25, -0.2) is 0 Å². The Kier molecular flexibility index (Phi) is 2.98. The summed E-state index contributed by atoms with van der Waals surface area (Å²) >= 11 is 0. The van der Waals surface area contributed by atoms with Gasteiger partial charge in [-0.05, 0) is 29.7 Å². The Hall–Kier alpha value is -2.24. The second-order valence-electron chi connectivity index (χ2n) is 4.68. The molecule has 0 spiro atoms. The van der Waals surface area contributed by atoms with Gasteiger partial charge in [0.25, 0.3) is 5.91 Å². The van der Waals surface area contributed by atoms with Crippen molar-refractivity contribution in [2.75, 3.05) is 6.54 Å². The summed E-state index contributed by atoms with van der Waals surface area (Å²) in [6.45, 7) is 1.15. The van der Waals surface area contributed by atoms with Crippen LogP contribution in [0.4, 0.5) is 0 Å². The monoisotopic (exact) mass is 257 g/mol. The van der Waals surface area contributed by atoms with Gasteiger partial charge in [-0.2, -0.15) is 4.80 Å². The highest BCUT2D eigenvalue weighted by Crippen LogP contribution is 2.19. The van der Waals surface area contributed by atoms with Gasteiger partial charge in [-0.1, -0.05) is 18.2 Å². The Labute approximate surface area is 111 Å². The summed E-state index contributed by atoms with van der Waals surface area (Å²) in [5.41, 5.74) is 1.92. The van der Waals surface area contributed by atoms with Crippen molar-refractivity contribution in [2.24, 2.45) is 7.05 Å². The summed E-state index contributed by atoms with van der Waals surface area (Å²) in [7, 11) is 1.72. The first-order valence-electron chi connectivity index (χ1n) is 6.34. The van der Waals surface area contributed by atoms with Gasteiger partial charge in [0.05, 0.1) is 13.6 Å². The smallest absolute Gasteiger partial charge is 0.254 e. The van der Waals surface area contributed by atoms with Gasteiger partial charge in [-0.15, -0.1) is 10.2 Å². The predicted molar refractivity (Wildman–Crippen MR) is 68.3 cm³/mol. The minimum Gasteiger partial charge on any atom is -0.331 e. The molecule has 98 valence electrons. The van der Waals surface area contributed by atoms with Crippen molar-refractivity contribution >= 4 is 5.91 Å². The number of nitrogens with zero attached hydrogens (tertiary/aromatic N) is 5. The van der Waals surface area contributed by atoms with Gasteiger partial charge in [0.2, 0.25) is 0 Å². The molecule has 0 N–H and O–H groups in total. The zero-order valence-corrected chi connectivity index (χ0v) is 10.8. The van der Waals surface area contributed by atoms with Crippen LogP contribution < -0.4 is 0 Å².